The average molecular weight is 408 g/mol. The molecule has 0 heterocycles. The van der Waals surface area contributed by atoms with Gasteiger partial charge in [0.2, 0.25) is 0 Å². The van der Waals surface area contributed by atoms with Crippen LogP contribution in [0.5, 0.6) is 0 Å². The smallest absolute Gasteiger partial charge is 0.124 e. The molecule has 0 aliphatic heterocycles. The zero-order chi connectivity index (χ0) is 14.0. The van der Waals surface area contributed by atoms with E-state index in [2.05, 4.69) is 31.9 Å². The van der Waals surface area contributed by atoms with Gasteiger partial charge in [-0.15, -0.1) is 0 Å². The minimum atomic E-state index is -0.270. The summed E-state index contributed by atoms with van der Waals surface area (Å²) in [5.74, 6) is -0.270. The van der Waals surface area contributed by atoms with Crippen molar-refractivity contribution in [1.29, 1.82) is 0 Å². The van der Waals surface area contributed by atoms with Crippen molar-refractivity contribution in [1.82, 2.24) is 0 Å². The van der Waals surface area contributed by atoms with Crippen molar-refractivity contribution in [3.05, 3.63) is 67.3 Å². The SMILES string of the molecule is NC(Cc1cc(F)cc(Br)c1)c1ccc(Cl)c(Br)c1. The molecule has 0 spiro atoms. The number of nitrogens with two attached hydrogens (primary N) is 1. The Morgan fingerprint density at radius 2 is 1.89 bits per heavy atom. The largest absolute Gasteiger partial charge is 0.324 e. The molecule has 0 aliphatic rings. The lowest BCUT2D eigenvalue weighted by atomic mass is 10.00. The molecule has 0 saturated heterocycles. The fraction of sp³-hybridized carbons (Fsp3) is 0.143. The number of benzene rings is 2. The molecule has 2 rings (SSSR count). The van der Waals surface area contributed by atoms with Crippen molar-refractivity contribution < 1.29 is 4.39 Å². The molecule has 1 unspecified atom stereocenters. The highest BCUT2D eigenvalue weighted by Gasteiger charge is 2.10. The van der Waals surface area contributed by atoms with Crippen LogP contribution < -0.4 is 5.73 Å². The second kappa shape index (κ2) is 6.35. The van der Waals surface area contributed by atoms with Gasteiger partial charge in [0, 0.05) is 15.0 Å². The molecule has 1 atom stereocenters. The van der Waals surface area contributed by atoms with Gasteiger partial charge in [-0.1, -0.05) is 33.6 Å². The lowest BCUT2D eigenvalue weighted by Crippen LogP contribution is -2.13. The summed E-state index contributed by atoms with van der Waals surface area (Å²) in [7, 11) is 0. The molecule has 0 aliphatic carbocycles. The van der Waals surface area contributed by atoms with Gasteiger partial charge in [0.1, 0.15) is 5.82 Å². The summed E-state index contributed by atoms with van der Waals surface area (Å²) in [5, 5.41) is 0.643. The molecule has 2 N–H and O–H groups in total. The molecular weight excluding hydrogens is 396 g/mol. The second-order valence-electron chi connectivity index (χ2n) is 4.26. The van der Waals surface area contributed by atoms with Crippen molar-refractivity contribution in [3.63, 3.8) is 0 Å². The zero-order valence-electron chi connectivity index (χ0n) is 9.84. The van der Waals surface area contributed by atoms with Crippen LogP contribution in [-0.2, 0) is 6.42 Å². The predicted octanol–water partition coefficient (Wildman–Crippen LogP) is 5.25. The molecular formula is C14H11Br2ClFN. The van der Waals surface area contributed by atoms with Crippen molar-refractivity contribution in [2.45, 2.75) is 12.5 Å². The van der Waals surface area contributed by atoms with Crippen molar-refractivity contribution in [2.75, 3.05) is 0 Å². The Morgan fingerprint density at radius 1 is 1.16 bits per heavy atom. The highest BCUT2D eigenvalue weighted by Crippen LogP contribution is 2.27. The Bertz CT molecular complexity index is 584. The third-order valence-electron chi connectivity index (χ3n) is 2.75. The maximum atomic E-state index is 13.3. The summed E-state index contributed by atoms with van der Waals surface area (Å²) in [4.78, 5) is 0. The van der Waals surface area contributed by atoms with E-state index in [1.54, 1.807) is 6.07 Å². The standard InChI is InChI=1S/C14H11Br2ClFN/c15-10-3-8(4-11(18)7-10)5-14(19)9-1-2-13(17)12(16)6-9/h1-4,6-7,14H,5,19H2. The van der Waals surface area contributed by atoms with Gasteiger partial charge in [-0.25, -0.2) is 4.39 Å². The average Bonchev–Trinajstić information content (AvgIpc) is 2.31. The summed E-state index contributed by atoms with van der Waals surface area (Å²) in [5.41, 5.74) is 7.95. The van der Waals surface area contributed by atoms with Gasteiger partial charge in [0.05, 0.1) is 5.02 Å². The van der Waals surface area contributed by atoms with Crippen LogP contribution in [0.3, 0.4) is 0 Å². The lowest BCUT2D eigenvalue weighted by molar-refractivity contribution is 0.621. The maximum Gasteiger partial charge on any atom is 0.124 e. The minimum Gasteiger partial charge on any atom is -0.324 e. The third kappa shape index (κ3) is 4.02. The Balaban J connectivity index is 2.20. The Kier molecular flexibility index (Phi) is 5.01. The number of hydrogen-bond donors (Lipinski definition) is 1. The van der Waals surface area contributed by atoms with Crippen molar-refractivity contribution in [2.24, 2.45) is 5.73 Å². The Labute approximate surface area is 133 Å². The van der Waals surface area contributed by atoms with E-state index in [1.807, 2.05) is 18.2 Å². The summed E-state index contributed by atoms with van der Waals surface area (Å²) < 4.78 is 14.8. The molecule has 100 valence electrons. The van der Waals surface area contributed by atoms with E-state index < -0.39 is 0 Å². The van der Waals surface area contributed by atoms with Gasteiger partial charge in [-0.2, -0.15) is 0 Å². The maximum absolute atomic E-state index is 13.3. The van der Waals surface area contributed by atoms with Crippen LogP contribution in [-0.4, -0.2) is 0 Å². The quantitative estimate of drug-likeness (QED) is 0.739. The van der Waals surface area contributed by atoms with Gasteiger partial charge >= 0.3 is 0 Å². The summed E-state index contributed by atoms with van der Waals surface area (Å²) in [6.45, 7) is 0. The first-order chi connectivity index (χ1) is 8.95. The Morgan fingerprint density at radius 3 is 2.53 bits per heavy atom. The lowest BCUT2D eigenvalue weighted by Gasteiger charge is -2.13. The Hall–Kier alpha value is -0.420. The van der Waals surface area contributed by atoms with E-state index in [-0.39, 0.29) is 11.9 Å². The van der Waals surface area contributed by atoms with E-state index in [4.69, 9.17) is 17.3 Å². The molecule has 0 bridgehead atoms. The second-order valence-corrected chi connectivity index (χ2v) is 6.44. The van der Waals surface area contributed by atoms with Crippen molar-refractivity contribution >= 4 is 43.5 Å². The highest BCUT2D eigenvalue weighted by molar-refractivity contribution is 9.10. The van der Waals surface area contributed by atoms with E-state index in [1.165, 1.54) is 12.1 Å². The summed E-state index contributed by atoms with van der Waals surface area (Å²) in [6.07, 6.45) is 0.560. The van der Waals surface area contributed by atoms with Crippen LogP contribution in [0.1, 0.15) is 17.2 Å². The molecule has 2 aromatic carbocycles. The van der Waals surface area contributed by atoms with E-state index in [0.717, 1.165) is 15.6 Å². The van der Waals surface area contributed by atoms with E-state index in [9.17, 15) is 4.39 Å². The van der Waals surface area contributed by atoms with Crippen LogP contribution in [0.4, 0.5) is 4.39 Å². The minimum absolute atomic E-state index is 0.206. The van der Waals surface area contributed by atoms with Gasteiger partial charge in [0.25, 0.3) is 0 Å². The van der Waals surface area contributed by atoms with Gasteiger partial charge in [0.15, 0.2) is 0 Å². The first-order valence-electron chi connectivity index (χ1n) is 5.61. The fourth-order valence-corrected chi connectivity index (χ4v) is 2.87. The van der Waals surface area contributed by atoms with E-state index in [0.29, 0.717) is 15.9 Å². The molecule has 5 heteroatoms. The van der Waals surface area contributed by atoms with Crippen LogP contribution in [0.15, 0.2) is 45.3 Å². The monoisotopic (exact) mass is 405 g/mol. The van der Waals surface area contributed by atoms with Gasteiger partial charge < -0.3 is 5.73 Å². The summed E-state index contributed by atoms with van der Waals surface area (Å²) in [6, 6.07) is 10.1. The molecule has 0 fully saturated rings. The summed E-state index contributed by atoms with van der Waals surface area (Å²) >= 11 is 12.6. The molecule has 0 aromatic heterocycles. The molecule has 0 radical (unpaired) electrons. The van der Waals surface area contributed by atoms with Crippen LogP contribution in [0.25, 0.3) is 0 Å². The first-order valence-corrected chi connectivity index (χ1v) is 7.57. The third-order valence-corrected chi connectivity index (χ3v) is 4.42. The highest BCUT2D eigenvalue weighted by atomic mass is 79.9. The van der Waals surface area contributed by atoms with Gasteiger partial charge in [-0.3, -0.25) is 0 Å². The predicted molar refractivity (Wildman–Crippen MR) is 83.9 cm³/mol. The van der Waals surface area contributed by atoms with Gasteiger partial charge in [-0.05, 0) is 63.8 Å². The molecule has 1 nitrogen and oxygen atoms in total. The molecule has 19 heavy (non-hydrogen) atoms. The number of hydrogen-bond acceptors (Lipinski definition) is 1. The number of rotatable bonds is 3. The van der Waals surface area contributed by atoms with E-state index >= 15 is 0 Å². The molecule has 2 aromatic rings. The fourth-order valence-electron chi connectivity index (χ4n) is 1.84. The van der Waals surface area contributed by atoms with Crippen LogP contribution in [0, 0.1) is 5.82 Å². The first kappa shape index (κ1) is 15.0. The zero-order valence-corrected chi connectivity index (χ0v) is 13.8. The normalized spacial score (nSPS) is 12.5. The molecule has 0 saturated carbocycles. The molecule has 0 amide bonds. The number of halogens is 4. The van der Waals surface area contributed by atoms with Crippen LogP contribution in [0.2, 0.25) is 5.02 Å². The van der Waals surface area contributed by atoms with Crippen molar-refractivity contribution in [3.8, 4) is 0 Å². The van der Waals surface area contributed by atoms with Crippen LogP contribution >= 0.6 is 43.5 Å². The topological polar surface area (TPSA) is 26.0 Å².